The van der Waals surface area contributed by atoms with Crippen molar-refractivity contribution in [3.05, 3.63) is 111 Å². The second-order valence-electron chi connectivity index (χ2n) is 12.2. The summed E-state index contributed by atoms with van der Waals surface area (Å²) < 4.78 is 23.0. The number of pyridine rings is 1. The number of nitrogens with zero attached hydrogens (tertiary/aromatic N) is 3. The van der Waals surface area contributed by atoms with Gasteiger partial charge in [-0.25, -0.2) is 9.59 Å². The number of piperidine rings is 3. The lowest BCUT2D eigenvalue weighted by atomic mass is 9.86. The highest BCUT2D eigenvalue weighted by molar-refractivity contribution is 6.35. The van der Waals surface area contributed by atoms with Crippen molar-refractivity contribution in [3.63, 3.8) is 0 Å². The molecule has 2 bridgehead atoms. The predicted octanol–water partition coefficient (Wildman–Crippen LogP) is 7.49. The van der Waals surface area contributed by atoms with Crippen molar-refractivity contribution in [2.45, 2.75) is 38.0 Å². The smallest absolute Gasteiger partial charge is 0.414 e. The summed E-state index contributed by atoms with van der Waals surface area (Å²) in [6, 6.07) is 18.6. The lowest BCUT2D eigenvalue weighted by molar-refractivity contribution is -0.0311. The first-order valence-corrected chi connectivity index (χ1v) is 16.8. The van der Waals surface area contributed by atoms with E-state index in [9.17, 15) is 14.7 Å². The second-order valence-corrected chi connectivity index (χ2v) is 13.0. The van der Waals surface area contributed by atoms with Gasteiger partial charge in [0.1, 0.15) is 18.0 Å². The summed E-state index contributed by atoms with van der Waals surface area (Å²) >= 11 is 12.9. The Morgan fingerprint density at radius 2 is 1.67 bits per heavy atom. The Bertz CT molecular complexity index is 1780. The number of esters is 1. The van der Waals surface area contributed by atoms with E-state index in [1.165, 1.54) is 30.5 Å². The predicted molar refractivity (Wildman–Crippen MR) is 186 cm³/mol. The van der Waals surface area contributed by atoms with Crippen LogP contribution in [0.5, 0.6) is 17.2 Å². The molecule has 3 fully saturated rings. The molecule has 1 N–H and O–H groups in total. The van der Waals surface area contributed by atoms with Crippen LogP contribution in [0.15, 0.2) is 79.1 Å². The zero-order chi connectivity index (χ0) is 34.5. The molecule has 3 aliphatic rings. The monoisotopic (exact) mass is 705 g/mol. The van der Waals surface area contributed by atoms with Gasteiger partial charge in [0.25, 0.3) is 0 Å². The molecule has 0 spiro atoms. The van der Waals surface area contributed by atoms with E-state index in [1.54, 1.807) is 67.8 Å². The van der Waals surface area contributed by atoms with E-state index in [1.807, 2.05) is 0 Å². The minimum absolute atomic E-state index is 0.0367. The number of methoxy groups -OCH3 is 2. The average molecular weight is 707 g/mol. The van der Waals surface area contributed by atoms with Crippen LogP contribution in [0.2, 0.25) is 10.0 Å². The first-order valence-electron chi connectivity index (χ1n) is 16.0. The lowest BCUT2D eigenvalue weighted by Crippen LogP contribution is -2.53. The number of phenolic OH excluding ortho intramolecular Hbond substituents is 1. The summed E-state index contributed by atoms with van der Waals surface area (Å²) in [5.41, 5.74) is 2.78. The molecule has 2 atom stereocenters. The van der Waals surface area contributed by atoms with Crippen LogP contribution in [0.25, 0.3) is 0 Å². The number of ether oxygens (including phenoxy) is 4. The van der Waals surface area contributed by atoms with Crippen LogP contribution in [0.1, 0.15) is 46.0 Å². The van der Waals surface area contributed by atoms with Gasteiger partial charge in [0.15, 0.2) is 11.5 Å². The summed E-state index contributed by atoms with van der Waals surface area (Å²) in [4.78, 5) is 35.0. The van der Waals surface area contributed by atoms with Gasteiger partial charge in [-0.05, 0) is 84.9 Å². The molecule has 3 saturated heterocycles. The van der Waals surface area contributed by atoms with Gasteiger partial charge in [-0.3, -0.25) is 14.8 Å². The van der Waals surface area contributed by atoms with E-state index in [-0.39, 0.29) is 24.8 Å². The lowest BCUT2D eigenvalue weighted by Gasteiger charge is -2.44. The summed E-state index contributed by atoms with van der Waals surface area (Å²) in [5.74, 6) is 0.812. The summed E-state index contributed by atoms with van der Waals surface area (Å²) in [7, 11) is 3.07. The van der Waals surface area contributed by atoms with Gasteiger partial charge in [0.05, 0.1) is 42.1 Å². The van der Waals surface area contributed by atoms with Crippen LogP contribution in [0, 0.1) is 5.92 Å². The number of benzene rings is 3. The number of amides is 1. The number of rotatable bonds is 11. The van der Waals surface area contributed by atoms with Gasteiger partial charge >= 0.3 is 12.1 Å². The molecular weight excluding hydrogens is 669 g/mol. The van der Waals surface area contributed by atoms with Gasteiger partial charge in [-0.2, -0.15) is 0 Å². The molecule has 3 aromatic carbocycles. The van der Waals surface area contributed by atoms with Crippen molar-refractivity contribution >= 4 is 41.0 Å². The van der Waals surface area contributed by atoms with Gasteiger partial charge in [0, 0.05) is 31.4 Å². The number of hydrogen-bond donors (Lipinski definition) is 1. The molecule has 1 amide bonds. The number of carbonyl (C=O) groups excluding carboxylic acids is 2. The van der Waals surface area contributed by atoms with Crippen molar-refractivity contribution in [2.24, 2.45) is 5.92 Å². The number of hydrogen-bond acceptors (Lipinski definition) is 9. The SMILES string of the molecule is COc1ccc([C@H](Cc2c(Cl)cncc2Cl)OC(=O)c2ccc(CN(C(=O)O[C@H]3CN4CCC3CC4)c3cccc(O)c3)cc2)cc1OC. The van der Waals surface area contributed by atoms with E-state index < -0.39 is 18.2 Å². The normalized spacial score (nSPS) is 18.7. The molecule has 7 rings (SSSR count). The number of aromatic hydroxyl groups is 1. The third kappa shape index (κ3) is 8.04. The molecule has 4 aromatic rings. The molecule has 49 heavy (non-hydrogen) atoms. The van der Waals surface area contributed by atoms with Crippen molar-refractivity contribution < 1.29 is 33.6 Å². The second kappa shape index (κ2) is 15.4. The standard InChI is InChI=1S/C37H37Cl2N3O7/c1-46-32-11-10-26(16-34(32)47-2)33(18-29-30(38)19-40-20-31(29)39)48-36(44)25-8-6-23(7-9-25)21-42(27-4-3-5-28(43)17-27)37(45)49-35-22-41-14-12-24(35)13-15-41/h3-11,16-17,19-20,24,33,35,43H,12-15,18,21-22H2,1-2H3/t33-,35-/m0/s1. The summed E-state index contributed by atoms with van der Waals surface area (Å²) in [6.45, 7) is 2.95. The summed E-state index contributed by atoms with van der Waals surface area (Å²) in [6.07, 6.45) is 3.73. The number of aromatic nitrogens is 1. The Hall–Kier alpha value is -4.51. The molecule has 0 saturated carbocycles. The molecule has 4 heterocycles. The van der Waals surface area contributed by atoms with Crippen molar-refractivity contribution in [1.82, 2.24) is 9.88 Å². The Labute approximate surface area is 295 Å². The molecule has 1 aromatic heterocycles. The molecule has 0 aliphatic carbocycles. The van der Waals surface area contributed by atoms with Crippen molar-refractivity contribution in [3.8, 4) is 17.2 Å². The number of carbonyl (C=O) groups is 2. The van der Waals surface area contributed by atoms with E-state index >= 15 is 0 Å². The van der Waals surface area contributed by atoms with E-state index in [4.69, 9.17) is 42.1 Å². The van der Waals surface area contributed by atoms with Crippen LogP contribution in [-0.4, -0.2) is 67.0 Å². The van der Waals surface area contributed by atoms with Gasteiger partial charge in [-0.15, -0.1) is 0 Å². The minimum Gasteiger partial charge on any atom is -0.508 e. The van der Waals surface area contributed by atoms with Gasteiger partial charge in [-0.1, -0.05) is 47.5 Å². The number of phenols is 1. The molecule has 3 aliphatic heterocycles. The number of halogens is 2. The van der Waals surface area contributed by atoms with Crippen molar-refractivity contribution in [1.29, 1.82) is 0 Å². The minimum atomic E-state index is -0.785. The van der Waals surface area contributed by atoms with E-state index in [2.05, 4.69) is 9.88 Å². The quantitative estimate of drug-likeness (QED) is 0.159. The molecule has 0 radical (unpaired) electrons. The highest BCUT2D eigenvalue weighted by atomic mass is 35.5. The molecule has 256 valence electrons. The summed E-state index contributed by atoms with van der Waals surface area (Å²) in [5, 5.41) is 10.9. The van der Waals surface area contributed by atoms with Crippen LogP contribution < -0.4 is 14.4 Å². The zero-order valence-corrected chi connectivity index (χ0v) is 28.7. The fraction of sp³-hybridized carbons (Fsp3) is 0.324. The van der Waals surface area contributed by atoms with Gasteiger partial charge in [0.2, 0.25) is 0 Å². The third-order valence-electron chi connectivity index (χ3n) is 9.11. The first kappa shape index (κ1) is 34.4. The molecule has 12 heteroatoms. The van der Waals surface area contributed by atoms with E-state index in [0.29, 0.717) is 49.8 Å². The third-order valence-corrected chi connectivity index (χ3v) is 9.76. The van der Waals surface area contributed by atoms with Crippen LogP contribution in [0.3, 0.4) is 0 Å². The topological polar surface area (TPSA) is 111 Å². The van der Waals surface area contributed by atoms with Crippen LogP contribution in [0.4, 0.5) is 10.5 Å². The average Bonchev–Trinajstić information content (AvgIpc) is 3.12. The maximum absolute atomic E-state index is 13.6. The Balaban J connectivity index is 1.21. The molecular formula is C37H37Cl2N3O7. The fourth-order valence-electron chi connectivity index (χ4n) is 6.38. The molecule has 0 unspecified atom stereocenters. The van der Waals surface area contributed by atoms with Gasteiger partial charge < -0.3 is 24.1 Å². The zero-order valence-electron chi connectivity index (χ0n) is 27.2. The first-order chi connectivity index (χ1) is 23.7. The van der Waals surface area contributed by atoms with Crippen LogP contribution >= 0.6 is 23.2 Å². The number of anilines is 1. The fourth-order valence-corrected chi connectivity index (χ4v) is 6.90. The Morgan fingerprint density at radius 3 is 2.31 bits per heavy atom. The number of fused-ring (bicyclic) bond motifs is 3. The van der Waals surface area contributed by atoms with Crippen molar-refractivity contribution in [2.75, 3.05) is 38.8 Å². The largest absolute Gasteiger partial charge is 0.508 e. The van der Waals surface area contributed by atoms with Crippen LogP contribution in [-0.2, 0) is 22.4 Å². The van der Waals surface area contributed by atoms with E-state index in [0.717, 1.165) is 38.0 Å². The maximum atomic E-state index is 13.6. The highest BCUT2D eigenvalue weighted by Gasteiger charge is 2.37. The highest BCUT2D eigenvalue weighted by Crippen LogP contribution is 2.36. The molecule has 10 nitrogen and oxygen atoms in total. The Morgan fingerprint density at radius 1 is 0.959 bits per heavy atom. The Kier molecular flexibility index (Phi) is 10.8. The maximum Gasteiger partial charge on any atom is 0.414 e.